The predicted molar refractivity (Wildman–Crippen MR) is 109 cm³/mol. The number of benzene rings is 1. The summed E-state index contributed by atoms with van der Waals surface area (Å²) < 4.78 is 0. The molecule has 2 saturated heterocycles. The number of rotatable bonds is 4. The third kappa shape index (κ3) is 6.50. The molecule has 1 aromatic rings. The van der Waals surface area contributed by atoms with Gasteiger partial charge in [-0.25, -0.2) is 0 Å². The molecule has 5 nitrogen and oxygen atoms in total. The summed E-state index contributed by atoms with van der Waals surface area (Å²) in [6.07, 6.45) is 0.640. The molecule has 3 rings (SSSR count). The first-order valence-electron chi connectivity index (χ1n) is 8.44. The van der Waals surface area contributed by atoms with Gasteiger partial charge in [0.25, 0.3) is 0 Å². The molecule has 8 heteroatoms. The largest absolute Gasteiger partial charge is 0.369 e. The first kappa shape index (κ1) is 22.3. The van der Waals surface area contributed by atoms with E-state index in [2.05, 4.69) is 27.2 Å². The normalized spacial score (nSPS) is 18.3. The SMILES string of the molecule is Cl.Cl.O=C(CCN1CCN(c2ccc(Cl)cc2)CC1)N1CCNCC1. The van der Waals surface area contributed by atoms with Gasteiger partial charge in [-0.15, -0.1) is 24.8 Å². The fourth-order valence-electron chi connectivity index (χ4n) is 3.21. The summed E-state index contributed by atoms with van der Waals surface area (Å²) in [5, 5.41) is 4.06. The maximum atomic E-state index is 12.2. The van der Waals surface area contributed by atoms with Gasteiger partial charge in [0, 0.05) is 76.0 Å². The number of nitrogens with one attached hydrogen (secondary N) is 1. The van der Waals surface area contributed by atoms with Gasteiger partial charge in [-0.2, -0.15) is 0 Å². The molecule has 1 N–H and O–H groups in total. The average molecular weight is 410 g/mol. The second-order valence-electron chi connectivity index (χ2n) is 6.19. The van der Waals surface area contributed by atoms with Crippen molar-refractivity contribution in [1.82, 2.24) is 15.1 Å². The summed E-state index contributed by atoms with van der Waals surface area (Å²) in [5.74, 6) is 0.298. The predicted octanol–water partition coefficient (Wildman–Crippen LogP) is 2.13. The van der Waals surface area contributed by atoms with Crippen molar-refractivity contribution in [2.24, 2.45) is 0 Å². The second kappa shape index (κ2) is 11.1. The molecule has 1 aromatic carbocycles. The zero-order valence-electron chi connectivity index (χ0n) is 14.3. The van der Waals surface area contributed by atoms with Crippen LogP contribution in [0.25, 0.3) is 0 Å². The zero-order valence-corrected chi connectivity index (χ0v) is 16.7. The zero-order chi connectivity index (χ0) is 16.1. The number of hydrogen-bond donors (Lipinski definition) is 1. The Hall–Kier alpha value is -0.720. The molecule has 0 unspecified atom stereocenters. The first-order valence-corrected chi connectivity index (χ1v) is 8.81. The Morgan fingerprint density at radius 2 is 1.56 bits per heavy atom. The van der Waals surface area contributed by atoms with Gasteiger partial charge in [-0.05, 0) is 24.3 Å². The molecule has 25 heavy (non-hydrogen) atoms. The van der Waals surface area contributed by atoms with E-state index in [9.17, 15) is 4.79 Å². The van der Waals surface area contributed by atoms with Gasteiger partial charge < -0.3 is 15.1 Å². The number of nitrogens with zero attached hydrogens (tertiary/aromatic N) is 3. The highest BCUT2D eigenvalue weighted by Crippen LogP contribution is 2.19. The highest BCUT2D eigenvalue weighted by atomic mass is 35.5. The highest BCUT2D eigenvalue weighted by molar-refractivity contribution is 6.30. The topological polar surface area (TPSA) is 38.8 Å². The number of carbonyl (C=O) groups excluding carboxylic acids is 1. The van der Waals surface area contributed by atoms with E-state index in [1.807, 2.05) is 17.0 Å². The number of piperazine rings is 2. The minimum absolute atomic E-state index is 0. The van der Waals surface area contributed by atoms with Crippen molar-refractivity contribution >= 4 is 48.0 Å². The van der Waals surface area contributed by atoms with Gasteiger partial charge in [0.05, 0.1) is 0 Å². The van der Waals surface area contributed by atoms with E-state index in [-0.39, 0.29) is 24.8 Å². The van der Waals surface area contributed by atoms with Crippen LogP contribution in [-0.4, -0.2) is 74.6 Å². The van der Waals surface area contributed by atoms with Crippen LogP contribution in [0.2, 0.25) is 5.02 Å². The van der Waals surface area contributed by atoms with Gasteiger partial charge in [0.15, 0.2) is 0 Å². The molecule has 0 radical (unpaired) electrons. The maximum absolute atomic E-state index is 12.2. The molecule has 0 spiro atoms. The van der Waals surface area contributed by atoms with Crippen LogP contribution in [0.1, 0.15) is 6.42 Å². The molecule has 0 saturated carbocycles. The Kier molecular flexibility index (Phi) is 9.90. The van der Waals surface area contributed by atoms with E-state index >= 15 is 0 Å². The standard InChI is InChI=1S/C17H25ClN4O.2ClH/c18-15-1-3-16(4-2-15)21-13-11-20(12-14-21)8-5-17(23)22-9-6-19-7-10-22;;/h1-4,19H,5-14H2;2*1H. The minimum atomic E-state index is 0. The molecule has 2 aliphatic rings. The number of hydrogen-bond acceptors (Lipinski definition) is 4. The van der Waals surface area contributed by atoms with Crippen molar-refractivity contribution < 1.29 is 4.79 Å². The molecule has 142 valence electrons. The number of amides is 1. The van der Waals surface area contributed by atoms with Crippen LogP contribution in [0.15, 0.2) is 24.3 Å². The van der Waals surface area contributed by atoms with Crippen LogP contribution >= 0.6 is 36.4 Å². The summed E-state index contributed by atoms with van der Waals surface area (Å²) >= 11 is 5.94. The van der Waals surface area contributed by atoms with Crippen molar-refractivity contribution in [2.75, 3.05) is 63.8 Å². The lowest BCUT2D eigenvalue weighted by Gasteiger charge is -2.36. The van der Waals surface area contributed by atoms with Gasteiger partial charge in [0.1, 0.15) is 0 Å². The fourth-order valence-corrected chi connectivity index (χ4v) is 3.33. The highest BCUT2D eigenvalue weighted by Gasteiger charge is 2.20. The quantitative estimate of drug-likeness (QED) is 0.827. The van der Waals surface area contributed by atoms with Gasteiger partial charge in [-0.3, -0.25) is 9.69 Å². The third-order valence-electron chi connectivity index (χ3n) is 4.68. The Morgan fingerprint density at radius 1 is 0.960 bits per heavy atom. The van der Waals surface area contributed by atoms with Crippen molar-refractivity contribution in [1.29, 1.82) is 0 Å². The van der Waals surface area contributed by atoms with E-state index < -0.39 is 0 Å². The van der Waals surface area contributed by atoms with Crippen molar-refractivity contribution in [3.63, 3.8) is 0 Å². The summed E-state index contributed by atoms with van der Waals surface area (Å²) in [6, 6.07) is 8.03. The monoisotopic (exact) mass is 408 g/mol. The van der Waals surface area contributed by atoms with E-state index in [1.54, 1.807) is 0 Å². The van der Waals surface area contributed by atoms with E-state index in [4.69, 9.17) is 11.6 Å². The lowest BCUT2D eigenvalue weighted by Crippen LogP contribution is -2.49. The Labute approximate surface area is 167 Å². The third-order valence-corrected chi connectivity index (χ3v) is 4.93. The van der Waals surface area contributed by atoms with E-state index in [0.29, 0.717) is 12.3 Å². The van der Waals surface area contributed by atoms with Gasteiger partial charge in [-0.1, -0.05) is 11.6 Å². The number of anilines is 1. The molecule has 0 bridgehead atoms. The van der Waals surface area contributed by atoms with Crippen LogP contribution in [0.5, 0.6) is 0 Å². The molecule has 0 aromatic heterocycles. The Balaban J connectivity index is 0.00000156. The molecule has 2 fully saturated rings. The van der Waals surface area contributed by atoms with Crippen LogP contribution in [0.3, 0.4) is 0 Å². The van der Waals surface area contributed by atoms with E-state index in [0.717, 1.165) is 63.9 Å². The molecule has 0 atom stereocenters. The van der Waals surface area contributed by atoms with Gasteiger partial charge in [0.2, 0.25) is 5.91 Å². The molecule has 2 aliphatic heterocycles. The van der Waals surface area contributed by atoms with Crippen molar-refractivity contribution in [3.05, 3.63) is 29.3 Å². The summed E-state index contributed by atoms with van der Waals surface area (Å²) in [5.41, 5.74) is 1.23. The molecule has 1 amide bonds. The number of carbonyl (C=O) groups is 1. The van der Waals surface area contributed by atoms with Gasteiger partial charge >= 0.3 is 0 Å². The summed E-state index contributed by atoms with van der Waals surface area (Å²) in [7, 11) is 0. The Morgan fingerprint density at radius 3 is 2.16 bits per heavy atom. The summed E-state index contributed by atoms with van der Waals surface area (Å²) in [4.78, 5) is 19.0. The number of halogens is 3. The fraction of sp³-hybridized carbons (Fsp3) is 0.588. The molecular weight excluding hydrogens is 383 g/mol. The smallest absolute Gasteiger partial charge is 0.223 e. The minimum Gasteiger partial charge on any atom is -0.369 e. The van der Waals surface area contributed by atoms with Crippen molar-refractivity contribution in [2.45, 2.75) is 6.42 Å². The molecule has 0 aliphatic carbocycles. The van der Waals surface area contributed by atoms with Crippen LogP contribution in [0, 0.1) is 0 Å². The van der Waals surface area contributed by atoms with E-state index in [1.165, 1.54) is 5.69 Å². The van der Waals surface area contributed by atoms with Crippen molar-refractivity contribution in [3.8, 4) is 0 Å². The van der Waals surface area contributed by atoms with Crippen LogP contribution < -0.4 is 10.2 Å². The molecule has 2 heterocycles. The van der Waals surface area contributed by atoms with Crippen LogP contribution in [0.4, 0.5) is 5.69 Å². The average Bonchev–Trinajstić information content (AvgIpc) is 2.61. The lowest BCUT2D eigenvalue weighted by atomic mass is 10.2. The molecular formula is C17H27Cl3N4O. The second-order valence-corrected chi connectivity index (χ2v) is 6.62. The maximum Gasteiger partial charge on any atom is 0.223 e. The lowest BCUT2D eigenvalue weighted by molar-refractivity contribution is -0.132. The Bertz CT molecular complexity index is 515. The first-order chi connectivity index (χ1) is 11.2. The van der Waals surface area contributed by atoms with Crippen LogP contribution in [-0.2, 0) is 4.79 Å². The summed E-state index contributed by atoms with van der Waals surface area (Å²) in [6.45, 7) is 8.45.